The van der Waals surface area contributed by atoms with Gasteiger partial charge in [0.25, 0.3) is 0 Å². The number of aromatic nitrogens is 1. The fraction of sp³-hybridized carbons (Fsp3) is 0.778. The molecule has 1 fully saturated rings. The van der Waals surface area contributed by atoms with Crippen molar-refractivity contribution >= 4 is 5.91 Å². The van der Waals surface area contributed by atoms with Crippen molar-refractivity contribution in [3.63, 3.8) is 0 Å². The van der Waals surface area contributed by atoms with Crippen LogP contribution in [-0.4, -0.2) is 41.0 Å². The third kappa shape index (κ3) is 2.86. The van der Waals surface area contributed by atoms with Crippen molar-refractivity contribution in [2.45, 2.75) is 72.0 Å². The third-order valence-corrected chi connectivity index (χ3v) is 5.66. The highest BCUT2D eigenvalue weighted by molar-refractivity contribution is 5.87. The van der Waals surface area contributed by atoms with E-state index in [0.29, 0.717) is 24.5 Å². The quantitative estimate of drug-likeness (QED) is 0.831. The standard InChI is InChI=1S/C18H30N2O4/c1-8-23-13-9-18(22,17(13,6)7)10-19-15(21)16(4,5)14-11(2)20-24-12(14)3/h13,22H,8-10H2,1-7H3,(H,19,21). The van der Waals surface area contributed by atoms with Crippen LogP contribution < -0.4 is 5.32 Å². The van der Waals surface area contributed by atoms with Gasteiger partial charge in [-0.15, -0.1) is 0 Å². The SMILES string of the molecule is CCOC1CC(O)(CNC(=O)C(C)(C)c2c(C)noc2C)C1(C)C. The molecule has 0 spiro atoms. The van der Waals surface area contributed by atoms with Crippen LogP contribution in [0.25, 0.3) is 0 Å². The number of carbonyl (C=O) groups excluding carboxylic acids is 1. The summed E-state index contributed by atoms with van der Waals surface area (Å²) in [6.07, 6.45) is 0.542. The molecule has 1 aromatic heterocycles. The van der Waals surface area contributed by atoms with Crippen molar-refractivity contribution in [1.29, 1.82) is 0 Å². The molecule has 0 bridgehead atoms. The van der Waals surface area contributed by atoms with Gasteiger partial charge in [-0.3, -0.25) is 4.79 Å². The largest absolute Gasteiger partial charge is 0.387 e. The number of hydrogen-bond acceptors (Lipinski definition) is 5. The topological polar surface area (TPSA) is 84.6 Å². The minimum absolute atomic E-state index is 0.0139. The van der Waals surface area contributed by atoms with Crippen molar-refractivity contribution in [2.24, 2.45) is 5.41 Å². The number of nitrogens with one attached hydrogen (secondary N) is 1. The predicted octanol–water partition coefficient (Wildman–Crippen LogP) is 2.25. The number of ether oxygens (including phenoxy) is 1. The molecule has 2 N–H and O–H groups in total. The average molecular weight is 338 g/mol. The van der Waals surface area contributed by atoms with E-state index >= 15 is 0 Å². The average Bonchev–Trinajstić information content (AvgIpc) is 2.84. The maximum atomic E-state index is 12.7. The zero-order valence-corrected chi connectivity index (χ0v) is 15.8. The van der Waals surface area contributed by atoms with Gasteiger partial charge in [0.2, 0.25) is 5.91 Å². The molecule has 6 heteroatoms. The van der Waals surface area contributed by atoms with Gasteiger partial charge in [0.15, 0.2) is 0 Å². The van der Waals surface area contributed by atoms with Crippen LogP contribution in [0, 0.1) is 19.3 Å². The Morgan fingerprint density at radius 3 is 2.54 bits per heavy atom. The first-order valence-corrected chi connectivity index (χ1v) is 8.53. The molecule has 0 radical (unpaired) electrons. The number of rotatable bonds is 6. The van der Waals surface area contributed by atoms with Gasteiger partial charge in [0, 0.05) is 30.6 Å². The Morgan fingerprint density at radius 1 is 1.46 bits per heavy atom. The summed E-state index contributed by atoms with van der Waals surface area (Å²) in [6, 6.07) is 0. The molecule has 2 atom stereocenters. The van der Waals surface area contributed by atoms with E-state index < -0.39 is 16.4 Å². The molecule has 0 aliphatic heterocycles. The van der Waals surface area contributed by atoms with E-state index in [1.54, 1.807) is 6.92 Å². The normalized spacial score (nSPS) is 26.1. The van der Waals surface area contributed by atoms with E-state index in [-0.39, 0.29) is 18.6 Å². The van der Waals surface area contributed by atoms with E-state index in [4.69, 9.17) is 9.26 Å². The lowest BCUT2D eigenvalue weighted by Gasteiger charge is -2.58. The second kappa shape index (κ2) is 6.15. The summed E-state index contributed by atoms with van der Waals surface area (Å²) < 4.78 is 10.8. The number of nitrogens with zero attached hydrogens (tertiary/aromatic N) is 1. The Morgan fingerprint density at radius 2 is 2.08 bits per heavy atom. The zero-order valence-electron chi connectivity index (χ0n) is 15.8. The number of aryl methyl sites for hydroxylation is 2. The number of aliphatic hydroxyl groups is 1. The summed E-state index contributed by atoms with van der Waals surface area (Å²) in [7, 11) is 0. The van der Waals surface area contributed by atoms with Gasteiger partial charge in [-0.2, -0.15) is 0 Å². The van der Waals surface area contributed by atoms with Gasteiger partial charge in [-0.1, -0.05) is 19.0 Å². The predicted molar refractivity (Wildman–Crippen MR) is 90.8 cm³/mol. The van der Waals surface area contributed by atoms with E-state index in [1.165, 1.54) is 0 Å². The van der Waals surface area contributed by atoms with E-state index in [0.717, 1.165) is 5.56 Å². The lowest BCUT2D eigenvalue weighted by atomic mass is 9.56. The molecule has 1 aliphatic carbocycles. The van der Waals surface area contributed by atoms with E-state index in [1.807, 2.05) is 41.5 Å². The zero-order chi connectivity index (χ0) is 18.3. The monoisotopic (exact) mass is 338 g/mol. The summed E-state index contributed by atoms with van der Waals surface area (Å²) in [5.74, 6) is 0.493. The Balaban J connectivity index is 2.06. The maximum absolute atomic E-state index is 12.7. The van der Waals surface area contributed by atoms with Crippen LogP contribution in [0.2, 0.25) is 0 Å². The number of carbonyl (C=O) groups is 1. The molecule has 136 valence electrons. The molecule has 1 aromatic rings. The first kappa shape index (κ1) is 18.9. The molecule has 2 rings (SSSR count). The van der Waals surface area contributed by atoms with Gasteiger partial charge in [0.1, 0.15) is 5.76 Å². The Bertz CT molecular complexity index is 601. The number of amides is 1. The van der Waals surface area contributed by atoms with Crippen LogP contribution in [0.4, 0.5) is 0 Å². The van der Waals surface area contributed by atoms with Crippen molar-refractivity contribution in [3.8, 4) is 0 Å². The van der Waals surface area contributed by atoms with Gasteiger partial charge < -0.3 is 19.7 Å². The minimum atomic E-state index is -0.961. The van der Waals surface area contributed by atoms with E-state index in [9.17, 15) is 9.90 Å². The Labute approximate surface area is 143 Å². The number of hydrogen-bond donors (Lipinski definition) is 2. The van der Waals surface area contributed by atoms with Crippen LogP contribution in [0.15, 0.2) is 4.52 Å². The molecule has 2 unspecified atom stereocenters. The summed E-state index contributed by atoms with van der Waals surface area (Å²) in [6.45, 7) is 14.0. The second-order valence-corrected chi connectivity index (χ2v) is 7.91. The molecule has 1 heterocycles. The van der Waals surface area contributed by atoms with Crippen LogP contribution >= 0.6 is 0 Å². The van der Waals surface area contributed by atoms with Crippen LogP contribution in [0.3, 0.4) is 0 Å². The van der Waals surface area contributed by atoms with Gasteiger partial charge in [-0.05, 0) is 34.6 Å². The minimum Gasteiger partial charge on any atom is -0.387 e. The molecule has 6 nitrogen and oxygen atoms in total. The van der Waals surface area contributed by atoms with Crippen LogP contribution in [0.1, 0.15) is 58.1 Å². The molecule has 0 aromatic carbocycles. The summed E-state index contributed by atoms with van der Waals surface area (Å²) in [5.41, 5.74) is -0.628. The highest BCUT2D eigenvalue weighted by Crippen LogP contribution is 2.51. The van der Waals surface area contributed by atoms with Gasteiger partial charge >= 0.3 is 0 Å². The van der Waals surface area contributed by atoms with E-state index in [2.05, 4.69) is 10.5 Å². The third-order valence-electron chi connectivity index (χ3n) is 5.66. The molecule has 24 heavy (non-hydrogen) atoms. The van der Waals surface area contributed by atoms with Crippen molar-refractivity contribution in [3.05, 3.63) is 17.0 Å². The fourth-order valence-corrected chi connectivity index (χ4v) is 3.70. The highest BCUT2D eigenvalue weighted by atomic mass is 16.5. The lowest BCUT2D eigenvalue weighted by molar-refractivity contribution is -0.238. The van der Waals surface area contributed by atoms with Crippen molar-refractivity contribution < 1.29 is 19.2 Å². The summed E-state index contributed by atoms with van der Waals surface area (Å²) in [4.78, 5) is 12.7. The lowest BCUT2D eigenvalue weighted by Crippen LogP contribution is -2.69. The molecule has 1 aliphatic rings. The first-order chi connectivity index (χ1) is 11.0. The smallest absolute Gasteiger partial charge is 0.230 e. The van der Waals surface area contributed by atoms with Gasteiger partial charge in [-0.25, -0.2) is 0 Å². The second-order valence-electron chi connectivity index (χ2n) is 7.91. The van der Waals surface area contributed by atoms with Crippen molar-refractivity contribution in [2.75, 3.05) is 13.2 Å². The molecular weight excluding hydrogens is 308 g/mol. The highest BCUT2D eigenvalue weighted by Gasteiger charge is 2.60. The molecular formula is C18H30N2O4. The van der Waals surface area contributed by atoms with Crippen LogP contribution in [-0.2, 0) is 14.9 Å². The maximum Gasteiger partial charge on any atom is 0.230 e. The molecule has 0 saturated heterocycles. The van der Waals surface area contributed by atoms with Crippen molar-refractivity contribution in [1.82, 2.24) is 10.5 Å². The molecule has 1 amide bonds. The fourth-order valence-electron chi connectivity index (χ4n) is 3.70. The summed E-state index contributed by atoms with van der Waals surface area (Å²) in [5, 5.41) is 17.7. The summed E-state index contributed by atoms with van der Waals surface area (Å²) >= 11 is 0. The first-order valence-electron chi connectivity index (χ1n) is 8.53. The molecule has 1 saturated carbocycles. The Hall–Kier alpha value is -1.40. The van der Waals surface area contributed by atoms with Crippen LogP contribution in [0.5, 0.6) is 0 Å². The van der Waals surface area contributed by atoms with Gasteiger partial charge in [0.05, 0.1) is 22.8 Å². The Kier molecular flexibility index (Phi) is 4.85.